The van der Waals surface area contributed by atoms with E-state index >= 15 is 0 Å². The maximum atomic E-state index is 12.4. The third kappa shape index (κ3) is 3.38. The van der Waals surface area contributed by atoms with Gasteiger partial charge in [0.2, 0.25) is 6.79 Å². The second kappa shape index (κ2) is 7.15. The summed E-state index contributed by atoms with van der Waals surface area (Å²) in [6.45, 7) is 0.212. The van der Waals surface area contributed by atoms with E-state index in [1.807, 2.05) is 42.5 Å². The maximum Gasteiger partial charge on any atom is 0.320 e. The van der Waals surface area contributed by atoms with Gasteiger partial charge in [-0.25, -0.2) is 0 Å². The van der Waals surface area contributed by atoms with Crippen molar-refractivity contribution in [1.29, 1.82) is 0 Å². The lowest BCUT2D eigenvalue weighted by atomic mass is 10.1. The molecule has 1 heterocycles. The summed E-state index contributed by atoms with van der Waals surface area (Å²) in [5.41, 5.74) is 0.948. The zero-order chi connectivity index (χ0) is 18.8. The van der Waals surface area contributed by atoms with E-state index in [1.54, 1.807) is 6.08 Å². The first-order chi connectivity index (χ1) is 13.2. The Kier molecular flexibility index (Phi) is 4.54. The van der Waals surface area contributed by atoms with Crippen LogP contribution in [0.25, 0.3) is 11.8 Å². The second-order valence-electron chi connectivity index (χ2n) is 6.28. The molecule has 27 heavy (non-hydrogen) atoms. The molecule has 6 nitrogen and oxygen atoms in total. The van der Waals surface area contributed by atoms with Gasteiger partial charge >= 0.3 is 11.9 Å². The molecule has 0 aromatic heterocycles. The Hall–Kier alpha value is -3.28. The first-order valence-corrected chi connectivity index (χ1v) is 8.64. The molecule has 0 fully saturated rings. The molecule has 2 aromatic rings. The number of carbonyl (C=O) groups is 2. The predicted molar refractivity (Wildman–Crippen MR) is 96.0 cm³/mol. The fourth-order valence-corrected chi connectivity index (χ4v) is 3.23. The summed E-state index contributed by atoms with van der Waals surface area (Å²) in [5.74, 6) is 0.151. The van der Waals surface area contributed by atoms with E-state index in [2.05, 4.69) is 0 Å². The van der Waals surface area contributed by atoms with Crippen LogP contribution in [-0.2, 0) is 25.5 Å². The Morgan fingerprint density at radius 3 is 2.78 bits per heavy atom. The molecule has 0 saturated carbocycles. The van der Waals surface area contributed by atoms with Gasteiger partial charge in [0.05, 0.1) is 7.11 Å². The van der Waals surface area contributed by atoms with Gasteiger partial charge in [-0.3, -0.25) is 9.59 Å². The van der Waals surface area contributed by atoms with Crippen molar-refractivity contribution in [3.8, 4) is 11.5 Å². The van der Waals surface area contributed by atoms with Crippen LogP contribution in [0.4, 0.5) is 0 Å². The van der Waals surface area contributed by atoms with E-state index in [-0.39, 0.29) is 13.2 Å². The van der Waals surface area contributed by atoms with Crippen LogP contribution in [0.1, 0.15) is 12.0 Å². The lowest BCUT2D eigenvalue weighted by molar-refractivity contribution is -0.143. The van der Waals surface area contributed by atoms with Crippen molar-refractivity contribution >= 4 is 23.8 Å². The Bertz CT molecular complexity index is 1020. The largest absolute Gasteiger partial charge is 0.468 e. The summed E-state index contributed by atoms with van der Waals surface area (Å²) in [6, 6.07) is 13.0. The fraction of sp³-hybridized carbons (Fsp3) is 0.238. The van der Waals surface area contributed by atoms with Crippen LogP contribution in [0.3, 0.4) is 0 Å². The molecule has 0 bridgehead atoms. The first-order valence-electron chi connectivity index (χ1n) is 8.64. The van der Waals surface area contributed by atoms with Crippen molar-refractivity contribution in [2.45, 2.75) is 12.8 Å². The normalized spacial score (nSPS) is 16.5. The molecule has 138 valence electrons. The molecule has 0 N–H and O–H groups in total. The van der Waals surface area contributed by atoms with Crippen molar-refractivity contribution in [3.63, 3.8) is 0 Å². The molecule has 4 rings (SSSR count). The minimum Gasteiger partial charge on any atom is -0.468 e. The molecule has 2 aliphatic rings. The molecular formula is C21H18O6. The summed E-state index contributed by atoms with van der Waals surface area (Å²) in [7, 11) is 1.32. The third-order valence-corrected chi connectivity index (χ3v) is 4.59. The number of aryl methyl sites for hydroxylation is 1. The number of benzene rings is 2. The highest BCUT2D eigenvalue weighted by atomic mass is 16.7. The molecule has 0 radical (unpaired) electrons. The van der Waals surface area contributed by atoms with Crippen LogP contribution >= 0.6 is 0 Å². The number of hydrogen-bond donors (Lipinski definition) is 0. The molecular weight excluding hydrogens is 348 g/mol. The summed E-state index contributed by atoms with van der Waals surface area (Å²) in [4.78, 5) is 24.5. The number of esters is 2. The van der Waals surface area contributed by atoms with Gasteiger partial charge in [0.15, 0.2) is 11.5 Å². The van der Waals surface area contributed by atoms with Crippen LogP contribution in [0.5, 0.6) is 11.5 Å². The van der Waals surface area contributed by atoms with Gasteiger partial charge < -0.3 is 18.9 Å². The highest BCUT2D eigenvalue weighted by Crippen LogP contribution is 2.32. The summed E-state index contributed by atoms with van der Waals surface area (Å²) in [5, 5.41) is 1.59. The minimum absolute atomic E-state index is 0.180. The van der Waals surface area contributed by atoms with E-state index in [1.165, 1.54) is 7.11 Å². The summed E-state index contributed by atoms with van der Waals surface area (Å²) in [6.07, 6.45) is 2.43. The van der Waals surface area contributed by atoms with E-state index in [0.717, 1.165) is 16.0 Å². The number of hydrogen-bond acceptors (Lipinski definition) is 6. The van der Waals surface area contributed by atoms with Crippen molar-refractivity contribution in [3.05, 3.63) is 58.5 Å². The zero-order valence-electron chi connectivity index (χ0n) is 14.8. The molecule has 1 unspecified atom stereocenters. The second-order valence-corrected chi connectivity index (χ2v) is 6.28. The smallest absolute Gasteiger partial charge is 0.320 e. The van der Waals surface area contributed by atoms with Gasteiger partial charge in [0, 0.05) is 11.6 Å². The maximum absolute atomic E-state index is 12.4. The molecule has 0 spiro atoms. The SMILES string of the molecule is COC(=O)C1C=c2ccccc2=C1OC(=O)CCc1ccc2c(c1)OCO2. The monoisotopic (exact) mass is 366 g/mol. The Labute approximate surface area is 155 Å². The van der Waals surface area contributed by atoms with Gasteiger partial charge in [-0.1, -0.05) is 36.4 Å². The highest BCUT2D eigenvalue weighted by molar-refractivity contribution is 5.92. The molecule has 2 aromatic carbocycles. The van der Waals surface area contributed by atoms with E-state index in [0.29, 0.717) is 23.7 Å². The third-order valence-electron chi connectivity index (χ3n) is 4.59. The number of methoxy groups -OCH3 is 1. The minimum atomic E-state index is -0.707. The van der Waals surface area contributed by atoms with Gasteiger partial charge in [-0.05, 0) is 29.3 Å². The van der Waals surface area contributed by atoms with Crippen molar-refractivity contribution in [2.75, 3.05) is 13.9 Å². The highest BCUT2D eigenvalue weighted by Gasteiger charge is 2.29. The quantitative estimate of drug-likeness (QED) is 0.743. The van der Waals surface area contributed by atoms with Crippen molar-refractivity contribution < 1.29 is 28.5 Å². The van der Waals surface area contributed by atoms with Crippen LogP contribution in [0.2, 0.25) is 0 Å². The predicted octanol–water partition coefficient (Wildman–Crippen LogP) is 1.28. The van der Waals surface area contributed by atoms with Gasteiger partial charge in [0.25, 0.3) is 0 Å². The molecule has 1 aliphatic heterocycles. The van der Waals surface area contributed by atoms with Gasteiger partial charge in [-0.2, -0.15) is 0 Å². The van der Waals surface area contributed by atoms with Gasteiger partial charge in [0.1, 0.15) is 11.7 Å². The number of rotatable bonds is 5. The standard InChI is InChI=1S/C21H18O6/c1-24-21(23)16-11-14-4-2-3-5-15(14)20(16)27-19(22)9-7-13-6-8-17-18(10-13)26-12-25-17/h2-6,8,10-11,16H,7,9,12H2,1H3. The average molecular weight is 366 g/mol. The first kappa shape index (κ1) is 17.1. The van der Waals surface area contributed by atoms with Crippen LogP contribution in [0, 0.1) is 5.92 Å². The lowest BCUT2D eigenvalue weighted by Crippen LogP contribution is -2.25. The van der Waals surface area contributed by atoms with Gasteiger partial charge in [-0.15, -0.1) is 0 Å². The molecule has 1 aliphatic carbocycles. The molecule has 0 amide bonds. The fourth-order valence-electron chi connectivity index (χ4n) is 3.23. The molecule has 6 heteroatoms. The number of ether oxygens (including phenoxy) is 4. The van der Waals surface area contributed by atoms with E-state index in [4.69, 9.17) is 18.9 Å². The van der Waals surface area contributed by atoms with Crippen LogP contribution in [-0.4, -0.2) is 25.8 Å². The summed E-state index contributed by atoms with van der Waals surface area (Å²) >= 11 is 0. The topological polar surface area (TPSA) is 71.1 Å². The lowest BCUT2D eigenvalue weighted by Gasteiger charge is -2.12. The summed E-state index contributed by atoms with van der Waals surface area (Å²) < 4.78 is 21.0. The van der Waals surface area contributed by atoms with Crippen molar-refractivity contribution in [2.24, 2.45) is 5.92 Å². The Morgan fingerprint density at radius 2 is 1.93 bits per heavy atom. The van der Waals surface area contributed by atoms with Crippen LogP contribution in [0.15, 0.2) is 42.5 Å². The molecule has 0 saturated heterocycles. The molecule has 1 atom stereocenters. The van der Waals surface area contributed by atoms with Crippen molar-refractivity contribution in [1.82, 2.24) is 0 Å². The Balaban J connectivity index is 1.48. The number of fused-ring (bicyclic) bond motifs is 2. The van der Waals surface area contributed by atoms with E-state index < -0.39 is 17.9 Å². The average Bonchev–Trinajstić information content (AvgIpc) is 3.30. The van der Waals surface area contributed by atoms with Crippen LogP contribution < -0.4 is 19.9 Å². The van der Waals surface area contributed by atoms with E-state index in [9.17, 15) is 9.59 Å². The Morgan fingerprint density at radius 1 is 1.11 bits per heavy atom. The number of carbonyl (C=O) groups excluding carboxylic acids is 2. The zero-order valence-corrected chi connectivity index (χ0v) is 14.8.